The van der Waals surface area contributed by atoms with Gasteiger partial charge in [-0.05, 0) is 36.6 Å². The number of anilines is 1. The Bertz CT molecular complexity index is 620. The van der Waals surface area contributed by atoms with Crippen LogP contribution in [0.5, 0.6) is 0 Å². The Kier molecular flexibility index (Phi) is 5.51. The SMILES string of the molecule is COC(=O)c1ccc2c(c1)CCC(NC(=O)OCCF)C(=O)N2. The highest BCUT2D eigenvalue weighted by molar-refractivity contribution is 5.98. The molecule has 8 heteroatoms. The first-order valence-electron chi connectivity index (χ1n) is 7.06. The number of carbonyl (C=O) groups excluding carboxylic acids is 3. The number of carbonyl (C=O) groups is 3. The highest BCUT2D eigenvalue weighted by Gasteiger charge is 2.26. The minimum atomic E-state index is -0.844. The van der Waals surface area contributed by atoms with Crippen LogP contribution in [0.3, 0.4) is 0 Å². The highest BCUT2D eigenvalue weighted by atomic mass is 19.1. The van der Waals surface area contributed by atoms with Crippen LogP contribution in [0.4, 0.5) is 14.9 Å². The number of esters is 1. The Morgan fingerprint density at radius 1 is 1.43 bits per heavy atom. The molecule has 0 saturated heterocycles. The smallest absolute Gasteiger partial charge is 0.407 e. The van der Waals surface area contributed by atoms with Crippen molar-refractivity contribution in [2.45, 2.75) is 18.9 Å². The van der Waals surface area contributed by atoms with Gasteiger partial charge in [-0.1, -0.05) is 0 Å². The Balaban J connectivity index is 2.08. The summed E-state index contributed by atoms with van der Waals surface area (Å²) in [6, 6.07) is 4.01. The zero-order valence-corrected chi connectivity index (χ0v) is 12.6. The van der Waals surface area contributed by atoms with Gasteiger partial charge in [0.15, 0.2) is 0 Å². The van der Waals surface area contributed by atoms with Gasteiger partial charge in [-0.2, -0.15) is 0 Å². The van der Waals surface area contributed by atoms with Crippen LogP contribution in [0.15, 0.2) is 18.2 Å². The van der Waals surface area contributed by atoms with Crippen molar-refractivity contribution in [1.29, 1.82) is 0 Å². The summed E-state index contributed by atoms with van der Waals surface area (Å²) in [5, 5.41) is 5.08. The quantitative estimate of drug-likeness (QED) is 0.817. The van der Waals surface area contributed by atoms with Crippen molar-refractivity contribution in [1.82, 2.24) is 5.32 Å². The number of rotatable bonds is 4. The Hall–Kier alpha value is -2.64. The van der Waals surface area contributed by atoms with Crippen molar-refractivity contribution in [3.63, 3.8) is 0 Å². The normalized spacial score (nSPS) is 16.6. The van der Waals surface area contributed by atoms with Crippen LogP contribution in [0.2, 0.25) is 0 Å². The Morgan fingerprint density at radius 3 is 2.91 bits per heavy atom. The highest BCUT2D eigenvalue weighted by Crippen LogP contribution is 2.23. The minimum absolute atomic E-state index is 0.328. The number of alkyl halides is 1. The largest absolute Gasteiger partial charge is 0.465 e. The number of fused-ring (bicyclic) bond motifs is 1. The molecule has 1 unspecified atom stereocenters. The summed E-state index contributed by atoms with van der Waals surface area (Å²) in [5.41, 5.74) is 1.72. The number of aryl methyl sites for hydroxylation is 1. The molecule has 7 nitrogen and oxygen atoms in total. The molecule has 0 aromatic heterocycles. The third kappa shape index (κ3) is 4.18. The molecular formula is C15H17FN2O5. The molecule has 2 N–H and O–H groups in total. The second kappa shape index (κ2) is 7.57. The van der Waals surface area contributed by atoms with Crippen LogP contribution in [0.1, 0.15) is 22.3 Å². The van der Waals surface area contributed by atoms with Crippen molar-refractivity contribution in [3.8, 4) is 0 Å². The van der Waals surface area contributed by atoms with Crippen LogP contribution in [-0.2, 0) is 20.7 Å². The number of hydrogen-bond acceptors (Lipinski definition) is 5. The molecule has 0 saturated carbocycles. The maximum Gasteiger partial charge on any atom is 0.407 e. The molecule has 0 radical (unpaired) electrons. The fraction of sp³-hybridized carbons (Fsp3) is 0.400. The van der Waals surface area contributed by atoms with E-state index in [4.69, 9.17) is 0 Å². The number of ether oxygens (including phenoxy) is 2. The summed E-state index contributed by atoms with van der Waals surface area (Å²) < 4.78 is 21.2. The van der Waals surface area contributed by atoms with Gasteiger partial charge in [-0.3, -0.25) is 4.79 Å². The molecule has 2 rings (SSSR count). The predicted molar refractivity (Wildman–Crippen MR) is 79.0 cm³/mol. The van der Waals surface area contributed by atoms with Gasteiger partial charge in [0.25, 0.3) is 0 Å². The van der Waals surface area contributed by atoms with E-state index >= 15 is 0 Å². The van der Waals surface area contributed by atoms with Crippen LogP contribution in [0, 0.1) is 0 Å². The predicted octanol–water partition coefficient (Wildman–Crippen LogP) is 1.42. The van der Waals surface area contributed by atoms with Gasteiger partial charge < -0.3 is 20.1 Å². The zero-order chi connectivity index (χ0) is 16.8. The summed E-state index contributed by atoms with van der Waals surface area (Å²) in [5.74, 6) is -0.861. The lowest BCUT2D eigenvalue weighted by Crippen LogP contribution is -2.43. The molecule has 0 bridgehead atoms. The van der Waals surface area contributed by atoms with Crippen molar-refractivity contribution in [2.24, 2.45) is 0 Å². The molecule has 1 aliphatic rings. The molecule has 0 aliphatic carbocycles. The third-order valence-electron chi connectivity index (χ3n) is 3.41. The van der Waals surface area contributed by atoms with E-state index in [1.54, 1.807) is 18.2 Å². The van der Waals surface area contributed by atoms with Gasteiger partial charge in [0, 0.05) is 5.69 Å². The lowest BCUT2D eigenvalue weighted by Gasteiger charge is -2.14. The van der Waals surface area contributed by atoms with Crippen molar-refractivity contribution >= 4 is 23.7 Å². The van der Waals surface area contributed by atoms with E-state index in [2.05, 4.69) is 20.1 Å². The van der Waals surface area contributed by atoms with Crippen molar-refractivity contribution in [2.75, 3.05) is 25.7 Å². The van der Waals surface area contributed by atoms with E-state index in [-0.39, 0.29) is 6.61 Å². The summed E-state index contributed by atoms with van der Waals surface area (Å²) >= 11 is 0. The molecule has 1 aromatic carbocycles. The first-order chi connectivity index (χ1) is 11.0. The monoisotopic (exact) mass is 324 g/mol. The number of amides is 2. The summed E-state index contributed by atoms with van der Waals surface area (Å²) in [7, 11) is 1.29. The summed E-state index contributed by atoms with van der Waals surface area (Å²) in [6.45, 7) is -1.14. The maximum absolute atomic E-state index is 12.1. The number of methoxy groups -OCH3 is 1. The Morgan fingerprint density at radius 2 is 2.22 bits per heavy atom. The molecule has 2 amide bonds. The van der Waals surface area contributed by atoms with Gasteiger partial charge in [-0.25, -0.2) is 14.0 Å². The Labute approximate surface area is 132 Å². The standard InChI is InChI=1S/C15H17FN2O5/c1-22-14(20)10-3-4-11-9(8-10)2-5-12(13(19)17-11)18-15(21)23-7-6-16/h3-4,8,12H,2,5-7H2,1H3,(H,17,19)(H,18,21). The zero-order valence-electron chi connectivity index (χ0n) is 12.6. The van der Waals surface area contributed by atoms with E-state index in [9.17, 15) is 18.8 Å². The average molecular weight is 324 g/mol. The minimum Gasteiger partial charge on any atom is -0.465 e. The first-order valence-corrected chi connectivity index (χ1v) is 7.06. The van der Waals surface area contributed by atoms with Gasteiger partial charge in [0.1, 0.15) is 19.3 Å². The van der Waals surface area contributed by atoms with E-state index < -0.39 is 30.7 Å². The molecule has 0 fully saturated rings. The van der Waals surface area contributed by atoms with Crippen molar-refractivity contribution < 1.29 is 28.2 Å². The van der Waals surface area contributed by atoms with Crippen LogP contribution >= 0.6 is 0 Å². The molecule has 23 heavy (non-hydrogen) atoms. The molecule has 124 valence electrons. The van der Waals surface area contributed by atoms with Crippen LogP contribution < -0.4 is 10.6 Å². The van der Waals surface area contributed by atoms with Crippen LogP contribution in [0.25, 0.3) is 0 Å². The molecule has 0 spiro atoms. The second-order valence-electron chi connectivity index (χ2n) is 4.91. The number of benzene rings is 1. The molecule has 1 aromatic rings. The van der Waals surface area contributed by atoms with E-state index in [1.807, 2.05) is 0 Å². The number of alkyl carbamates (subject to hydrolysis) is 1. The molecule has 1 aliphatic heterocycles. The fourth-order valence-corrected chi connectivity index (χ4v) is 2.27. The molecule has 1 heterocycles. The van der Waals surface area contributed by atoms with Gasteiger partial charge in [0.2, 0.25) is 5.91 Å². The van der Waals surface area contributed by atoms with Crippen molar-refractivity contribution in [3.05, 3.63) is 29.3 Å². The summed E-state index contributed by atoms with van der Waals surface area (Å²) in [6.07, 6.45) is -0.0507. The number of hydrogen-bond donors (Lipinski definition) is 2. The van der Waals surface area contributed by atoms with E-state index in [1.165, 1.54) is 7.11 Å². The fourth-order valence-electron chi connectivity index (χ4n) is 2.27. The van der Waals surface area contributed by atoms with Gasteiger partial charge >= 0.3 is 12.1 Å². The second-order valence-corrected chi connectivity index (χ2v) is 4.91. The molecular weight excluding hydrogens is 307 g/mol. The van der Waals surface area contributed by atoms with Crippen LogP contribution in [-0.4, -0.2) is 44.4 Å². The third-order valence-corrected chi connectivity index (χ3v) is 3.41. The van der Waals surface area contributed by atoms with E-state index in [0.29, 0.717) is 24.1 Å². The first kappa shape index (κ1) is 16.7. The maximum atomic E-state index is 12.1. The van der Waals surface area contributed by atoms with Gasteiger partial charge in [-0.15, -0.1) is 0 Å². The van der Waals surface area contributed by atoms with E-state index in [0.717, 1.165) is 5.56 Å². The molecule has 1 atom stereocenters. The summed E-state index contributed by atoms with van der Waals surface area (Å²) in [4.78, 5) is 35.1. The number of halogens is 1. The topological polar surface area (TPSA) is 93.7 Å². The number of nitrogens with one attached hydrogen (secondary N) is 2. The van der Waals surface area contributed by atoms with Gasteiger partial charge in [0.05, 0.1) is 12.7 Å². The lowest BCUT2D eigenvalue weighted by molar-refractivity contribution is -0.118. The average Bonchev–Trinajstić information content (AvgIpc) is 2.71. The lowest BCUT2D eigenvalue weighted by atomic mass is 10.0.